The molecule has 1 aliphatic rings. The summed E-state index contributed by atoms with van der Waals surface area (Å²) in [6, 6.07) is 11.4. The summed E-state index contributed by atoms with van der Waals surface area (Å²) in [5.74, 6) is -0.759. The molecule has 1 amide bonds. The standard InChI is InChI=1S/C21H19FN4O3S3/c1-2-11-30-21-25-24-20(31-21)23-19(27)17-12-14-7-3-4-8-15(14)13-26(17)32(28,29)18-10-6-5-9-16(18)22/h2-10,17H,1,11-13H2,(H,23,24,27)/t17-/m1/s1. The van der Waals surface area contributed by atoms with Crippen LogP contribution < -0.4 is 5.32 Å². The zero-order valence-electron chi connectivity index (χ0n) is 16.8. The van der Waals surface area contributed by atoms with Crippen molar-refractivity contribution in [2.45, 2.75) is 28.2 Å². The molecule has 2 heterocycles. The third-order valence-corrected chi connectivity index (χ3v) is 8.75. The molecule has 1 aliphatic heterocycles. The van der Waals surface area contributed by atoms with E-state index in [0.717, 1.165) is 21.5 Å². The average molecular weight is 491 g/mol. The molecule has 0 spiro atoms. The van der Waals surface area contributed by atoms with Crippen molar-refractivity contribution in [1.29, 1.82) is 0 Å². The van der Waals surface area contributed by atoms with Crippen molar-refractivity contribution in [2.24, 2.45) is 0 Å². The first-order chi connectivity index (χ1) is 15.4. The Kier molecular flexibility index (Phi) is 6.70. The van der Waals surface area contributed by atoms with Crippen LogP contribution in [0.4, 0.5) is 9.52 Å². The Labute approximate surface area is 193 Å². The number of benzene rings is 2. The van der Waals surface area contributed by atoms with Crippen LogP contribution in [0.15, 0.2) is 70.4 Å². The van der Waals surface area contributed by atoms with Crippen LogP contribution in [0, 0.1) is 5.82 Å². The zero-order valence-corrected chi connectivity index (χ0v) is 19.2. The van der Waals surface area contributed by atoms with Gasteiger partial charge >= 0.3 is 0 Å². The first kappa shape index (κ1) is 22.6. The molecule has 11 heteroatoms. The van der Waals surface area contributed by atoms with E-state index >= 15 is 0 Å². The number of rotatable bonds is 7. The first-order valence-corrected chi connectivity index (χ1v) is 12.9. The summed E-state index contributed by atoms with van der Waals surface area (Å²) in [4.78, 5) is 12.7. The fourth-order valence-corrected chi connectivity index (χ4v) is 6.54. The van der Waals surface area contributed by atoms with Crippen LogP contribution in [-0.2, 0) is 27.8 Å². The Balaban J connectivity index is 1.66. The molecule has 1 aromatic heterocycles. The molecule has 0 aliphatic carbocycles. The predicted molar refractivity (Wildman–Crippen MR) is 123 cm³/mol. The number of carbonyl (C=O) groups excluding carboxylic acids is 1. The normalized spacial score (nSPS) is 16.3. The topological polar surface area (TPSA) is 92.3 Å². The molecule has 0 saturated carbocycles. The minimum absolute atomic E-state index is 0.0402. The van der Waals surface area contributed by atoms with E-state index in [-0.39, 0.29) is 18.1 Å². The molecule has 0 bridgehead atoms. The summed E-state index contributed by atoms with van der Waals surface area (Å²) in [6.45, 7) is 3.61. The van der Waals surface area contributed by atoms with Gasteiger partial charge in [0.25, 0.3) is 0 Å². The van der Waals surface area contributed by atoms with Gasteiger partial charge in [-0.15, -0.1) is 16.8 Å². The van der Waals surface area contributed by atoms with Crippen LogP contribution in [0.5, 0.6) is 0 Å². The molecule has 1 atom stereocenters. The second-order valence-corrected chi connectivity index (χ2v) is 11.0. The lowest BCUT2D eigenvalue weighted by Crippen LogP contribution is -2.50. The molecule has 0 unspecified atom stereocenters. The summed E-state index contributed by atoms with van der Waals surface area (Å²) in [5, 5.41) is 10.9. The molecule has 0 fully saturated rings. The van der Waals surface area contributed by atoms with Crippen LogP contribution in [0.1, 0.15) is 11.1 Å². The number of hydrogen-bond donors (Lipinski definition) is 1. The van der Waals surface area contributed by atoms with Gasteiger partial charge in [0.05, 0.1) is 0 Å². The van der Waals surface area contributed by atoms with E-state index in [4.69, 9.17) is 0 Å². The second kappa shape index (κ2) is 9.49. The molecule has 0 radical (unpaired) electrons. The van der Waals surface area contributed by atoms with Crippen molar-refractivity contribution < 1.29 is 17.6 Å². The Hall–Kier alpha value is -2.60. The van der Waals surface area contributed by atoms with Gasteiger partial charge in [0.1, 0.15) is 16.8 Å². The van der Waals surface area contributed by atoms with Crippen molar-refractivity contribution in [1.82, 2.24) is 14.5 Å². The lowest BCUT2D eigenvalue weighted by Gasteiger charge is -2.34. The highest BCUT2D eigenvalue weighted by Crippen LogP contribution is 2.31. The van der Waals surface area contributed by atoms with E-state index in [0.29, 0.717) is 10.1 Å². The van der Waals surface area contributed by atoms with Crippen molar-refractivity contribution in [3.8, 4) is 0 Å². The van der Waals surface area contributed by atoms with Crippen molar-refractivity contribution in [3.05, 3.63) is 78.1 Å². The summed E-state index contributed by atoms with van der Waals surface area (Å²) in [6.07, 6.45) is 1.89. The van der Waals surface area contributed by atoms with Gasteiger partial charge < -0.3 is 0 Å². The van der Waals surface area contributed by atoms with Gasteiger partial charge in [-0.25, -0.2) is 12.8 Å². The third-order valence-electron chi connectivity index (χ3n) is 4.89. The number of halogens is 1. The van der Waals surface area contributed by atoms with E-state index in [1.54, 1.807) is 18.2 Å². The molecular formula is C21H19FN4O3S3. The Morgan fingerprint density at radius 1 is 1.22 bits per heavy atom. The number of thioether (sulfide) groups is 1. The highest BCUT2D eigenvalue weighted by atomic mass is 32.2. The molecule has 166 valence electrons. The smallest absolute Gasteiger partial charge is 0.247 e. The monoisotopic (exact) mass is 490 g/mol. The summed E-state index contributed by atoms with van der Waals surface area (Å²) in [7, 11) is -4.28. The molecule has 0 saturated heterocycles. The molecule has 3 aromatic rings. The maximum absolute atomic E-state index is 14.4. The second-order valence-electron chi connectivity index (χ2n) is 6.93. The number of anilines is 1. The Bertz CT molecular complexity index is 1260. The molecule has 32 heavy (non-hydrogen) atoms. The lowest BCUT2D eigenvalue weighted by atomic mass is 9.95. The third kappa shape index (κ3) is 4.60. The van der Waals surface area contributed by atoms with Crippen molar-refractivity contribution in [2.75, 3.05) is 11.1 Å². The number of carbonyl (C=O) groups is 1. The minimum Gasteiger partial charge on any atom is -0.299 e. The molecule has 1 N–H and O–H groups in total. The van der Waals surface area contributed by atoms with Gasteiger partial charge in [-0.3, -0.25) is 10.1 Å². The SMILES string of the molecule is C=CCSc1nnc(NC(=O)[C@H]2Cc3ccccc3CN2S(=O)(=O)c2ccccc2F)s1. The summed E-state index contributed by atoms with van der Waals surface area (Å²) >= 11 is 2.62. The number of nitrogens with zero attached hydrogens (tertiary/aromatic N) is 3. The number of nitrogens with one attached hydrogen (secondary N) is 1. The van der Waals surface area contributed by atoms with E-state index < -0.39 is 32.7 Å². The van der Waals surface area contributed by atoms with Crippen LogP contribution >= 0.6 is 23.1 Å². The van der Waals surface area contributed by atoms with Crippen LogP contribution in [0.3, 0.4) is 0 Å². The van der Waals surface area contributed by atoms with Gasteiger partial charge in [0.15, 0.2) is 4.34 Å². The largest absolute Gasteiger partial charge is 0.299 e. The van der Waals surface area contributed by atoms with Crippen LogP contribution in [0.25, 0.3) is 0 Å². The fraction of sp³-hybridized carbons (Fsp3) is 0.190. The van der Waals surface area contributed by atoms with E-state index in [1.807, 2.05) is 12.1 Å². The van der Waals surface area contributed by atoms with E-state index in [1.165, 1.54) is 41.3 Å². The summed E-state index contributed by atoms with van der Waals surface area (Å²) in [5.41, 5.74) is 1.64. The predicted octanol–water partition coefficient (Wildman–Crippen LogP) is 3.71. The Morgan fingerprint density at radius 3 is 2.69 bits per heavy atom. The lowest BCUT2D eigenvalue weighted by molar-refractivity contribution is -0.120. The summed E-state index contributed by atoms with van der Waals surface area (Å²) < 4.78 is 42.8. The number of amides is 1. The van der Waals surface area contributed by atoms with Gasteiger partial charge in [0, 0.05) is 12.3 Å². The molecule has 2 aromatic carbocycles. The minimum atomic E-state index is -4.28. The van der Waals surface area contributed by atoms with Gasteiger partial charge in [0.2, 0.25) is 21.1 Å². The first-order valence-electron chi connectivity index (χ1n) is 9.61. The molecular weight excluding hydrogens is 471 g/mol. The van der Waals surface area contributed by atoms with Crippen molar-refractivity contribution >= 4 is 44.2 Å². The molecule has 7 nitrogen and oxygen atoms in total. The van der Waals surface area contributed by atoms with E-state index in [9.17, 15) is 17.6 Å². The highest BCUT2D eigenvalue weighted by Gasteiger charge is 2.40. The maximum atomic E-state index is 14.4. The van der Waals surface area contributed by atoms with Crippen LogP contribution in [0.2, 0.25) is 0 Å². The molecule has 4 rings (SSSR count). The van der Waals surface area contributed by atoms with Crippen LogP contribution in [-0.4, -0.2) is 40.6 Å². The Morgan fingerprint density at radius 2 is 1.94 bits per heavy atom. The number of fused-ring (bicyclic) bond motifs is 1. The zero-order chi connectivity index (χ0) is 22.7. The highest BCUT2D eigenvalue weighted by molar-refractivity contribution is 8.01. The van der Waals surface area contributed by atoms with Gasteiger partial charge in [-0.05, 0) is 29.7 Å². The number of aromatic nitrogens is 2. The fourth-order valence-electron chi connectivity index (χ4n) is 3.39. The number of hydrogen-bond acceptors (Lipinski definition) is 7. The number of sulfonamides is 1. The van der Waals surface area contributed by atoms with Gasteiger partial charge in [-0.2, -0.15) is 4.31 Å². The van der Waals surface area contributed by atoms with Crippen molar-refractivity contribution in [3.63, 3.8) is 0 Å². The quantitative estimate of drug-likeness (QED) is 0.308. The average Bonchev–Trinajstić information content (AvgIpc) is 3.24. The van der Waals surface area contributed by atoms with E-state index in [2.05, 4.69) is 22.1 Å². The maximum Gasteiger partial charge on any atom is 0.247 e. The van der Waals surface area contributed by atoms with Gasteiger partial charge in [-0.1, -0.05) is 65.6 Å².